The molecule has 5 heteroatoms. The van der Waals surface area contributed by atoms with Gasteiger partial charge in [-0.2, -0.15) is 0 Å². The lowest BCUT2D eigenvalue weighted by molar-refractivity contribution is 0.276. The SMILES string of the molecule is CC(CNS(=O)(=O)C(C)C)C1CCNCC1. The van der Waals surface area contributed by atoms with Crippen molar-refractivity contribution in [2.75, 3.05) is 19.6 Å². The van der Waals surface area contributed by atoms with Crippen molar-refractivity contribution in [1.29, 1.82) is 0 Å². The Morgan fingerprint density at radius 3 is 2.31 bits per heavy atom. The first-order chi connectivity index (χ1) is 7.43. The zero-order valence-electron chi connectivity index (χ0n) is 10.5. The molecule has 16 heavy (non-hydrogen) atoms. The fraction of sp³-hybridized carbons (Fsp3) is 1.00. The summed E-state index contributed by atoms with van der Waals surface area (Å²) in [6.07, 6.45) is 2.31. The van der Waals surface area contributed by atoms with Crippen molar-refractivity contribution >= 4 is 10.0 Å². The molecule has 0 bridgehead atoms. The molecule has 1 aliphatic heterocycles. The second-order valence-corrected chi connectivity index (χ2v) is 7.33. The van der Waals surface area contributed by atoms with Crippen molar-refractivity contribution in [3.8, 4) is 0 Å². The lowest BCUT2D eigenvalue weighted by Gasteiger charge is -2.28. The molecule has 1 saturated heterocycles. The molecule has 0 radical (unpaired) electrons. The Balaban J connectivity index is 2.37. The summed E-state index contributed by atoms with van der Waals surface area (Å²) in [6.45, 7) is 8.25. The summed E-state index contributed by atoms with van der Waals surface area (Å²) in [5.74, 6) is 1.08. The number of piperidine rings is 1. The molecule has 2 N–H and O–H groups in total. The average Bonchev–Trinajstić information content (AvgIpc) is 2.27. The number of nitrogens with one attached hydrogen (secondary N) is 2. The van der Waals surface area contributed by atoms with Crippen LogP contribution >= 0.6 is 0 Å². The predicted octanol–water partition coefficient (Wildman–Crippen LogP) is 0.950. The summed E-state index contributed by atoms with van der Waals surface area (Å²) >= 11 is 0. The topological polar surface area (TPSA) is 58.2 Å². The molecule has 1 aliphatic rings. The van der Waals surface area contributed by atoms with E-state index in [2.05, 4.69) is 17.0 Å². The van der Waals surface area contributed by atoms with Gasteiger partial charge in [0, 0.05) is 6.54 Å². The molecular formula is C11H24N2O2S. The van der Waals surface area contributed by atoms with Crippen LogP contribution in [-0.4, -0.2) is 33.3 Å². The lowest BCUT2D eigenvalue weighted by Crippen LogP contribution is -2.38. The van der Waals surface area contributed by atoms with Gasteiger partial charge in [0.15, 0.2) is 0 Å². The zero-order valence-corrected chi connectivity index (χ0v) is 11.3. The van der Waals surface area contributed by atoms with E-state index in [1.165, 1.54) is 0 Å². The summed E-state index contributed by atoms with van der Waals surface area (Å²) in [5, 5.41) is 2.98. The smallest absolute Gasteiger partial charge is 0.213 e. The molecule has 0 aromatic heterocycles. The predicted molar refractivity (Wildman–Crippen MR) is 66.8 cm³/mol. The van der Waals surface area contributed by atoms with E-state index in [0.717, 1.165) is 25.9 Å². The van der Waals surface area contributed by atoms with Gasteiger partial charge in [0.05, 0.1) is 5.25 Å². The quantitative estimate of drug-likeness (QED) is 0.761. The van der Waals surface area contributed by atoms with Crippen LogP contribution in [0.4, 0.5) is 0 Å². The van der Waals surface area contributed by atoms with E-state index in [9.17, 15) is 8.42 Å². The summed E-state index contributed by atoms with van der Waals surface area (Å²) in [4.78, 5) is 0. The van der Waals surface area contributed by atoms with Crippen LogP contribution in [0.5, 0.6) is 0 Å². The van der Waals surface area contributed by atoms with Gasteiger partial charge in [0.2, 0.25) is 10.0 Å². The van der Waals surface area contributed by atoms with E-state index in [0.29, 0.717) is 18.4 Å². The van der Waals surface area contributed by atoms with Crippen LogP contribution in [0.1, 0.15) is 33.6 Å². The molecule has 0 amide bonds. The average molecular weight is 248 g/mol. The first kappa shape index (κ1) is 13.9. The van der Waals surface area contributed by atoms with Crippen LogP contribution in [-0.2, 0) is 10.0 Å². The number of hydrogen-bond acceptors (Lipinski definition) is 3. The number of sulfonamides is 1. The summed E-state index contributed by atoms with van der Waals surface area (Å²) in [7, 11) is -3.10. The molecule has 0 aliphatic carbocycles. The Morgan fingerprint density at radius 2 is 1.81 bits per heavy atom. The van der Waals surface area contributed by atoms with Gasteiger partial charge in [-0.15, -0.1) is 0 Å². The van der Waals surface area contributed by atoms with Crippen LogP contribution in [0.25, 0.3) is 0 Å². The first-order valence-corrected chi connectivity index (χ1v) is 7.67. The Labute approximate surface area is 99.2 Å². The molecule has 0 saturated carbocycles. The van der Waals surface area contributed by atoms with Gasteiger partial charge in [0.25, 0.3) is 0 Å². The maximum atomic E-state index is 11.6. The third kappa shape index (κ3) is 4.03. The van der Waals surface area contributed by atoms with Gasteiger partial charge in [-0.25, -0.2) is 13.1 Å². The van der Waals surface area contributed by atoms with E-state index < -0.39 is 10.0 Å². The highest BCUT2D eigenvalue weighted by Gasteiger charge is 2.22. The van der Waals surface area contributed by atoms with Crippen LogP contribution in [0, 0.1) is 11.8 Å². The molecule has 1 fully saturated rings. The van der Waals surface area contributed by atoms with Gasteiger partial charge in [-0.3, -0.25) is 0 Å². The second-order valence-electron chi connectivity index (χ2n) is 5.01. The van der Waals surface area contributed by atoms with E-state index in [4.69, 9.17) is 0 Å². The molecular weight excluding hydrogens is 224 g/mol. The van der Waals surface area contributed by atoms with Crippen LogP contribution in [0.3, 0.4) is 0 Å². The van der Waals surface area contributed by atoms with Gasteiger partial charge in [0.1, 0.15) is 0 Å². The Kier molecular flexibility index (Phi) is 5.21. The molecule has 96 valence electrons. The maximum absolute atomic E-state index is 11.6. The Morgan fingerprint density at radius 1 is 1.25 bits per heavy atom. The van der Waals surface area contributed by atoms with Crippen molar-refractivity contribution < 1.29 is 8.42 Å². The van der Waals surface area contributed by atoms with E-state index in [-0.39, 0.29) is 5.25 Å². The fourth-order valence-electron chi connectivity index (χ4n) is 1.99. The minimum atomic E-state index is -3.10. The fourth-order valence-corrected chi connectivity index (χ4v) is 2.82. The lowest BCUT2D eigenvalue weighted by atomic mass is 9.86. The third-order valence-electron chi connectivity index (χ3n) is 3.42. The monoisotopic (exact) mass is 248 g/mol. The molecule has 0 aromatic carbocycles. The first-order valence-electron chi connectivity index (χ1n) is 6.12. The molecule has 1 heterocycles. The molecule has 0 aromatic rings. The van der Waals surface area contributed by atoms with Gasteiger partial charge in [-0.1, -0.05) is 6.92 Å². The summed E-state index contributed by atoms with van der Waals surface area (Å²) in [5.41, 5.74) is 0. The minimum Gasteiger partial charge on any atom is -0.317 e. The van der Waals surface area contributed by atoms with Gasteiger partial charge in [-0.05, 0) is 51.6 Å². The number of hydrogen-bond donors (Lipinski definition) is 2. The Hall–Kier alpha value is -0.130. The second kappa shape index (κ2) is 5.98. The Bertz CT molecular complexity index is 295. The van der Waals surface area contributed by atoms with Crippen molar-refractivity contribution in [2.24, 2.45) is 11.8 Å². The van der Waals surface area contributed by atoms with E-state index in [1.54, 1.807) is 13.8 Å². The van der Waals surface area contributed by atoms with Crippen LogP contribution in [0.15, 0.2) is 0 Å². The van der Waals surface area contributed by atoms with Crippen molar-refractivity contribution in [3.05, 3.63) is 0 Å². The molecule has 0 spiro atoms. The maximum Gasteiger partial charge on any atom is 0.213 e. The molecule has 4 nitrogen and oxygen atoms in total. The van der Waals surface area contributed by atoms with Crippen LogP contribution < -0.4 is 10.0 Å². The molecule has 1 unspecified atom stereocenters. The van der Waals surface area contributed by atoms with E-state index in [1.807, 2.05) is 0 Å². The van der Waals surface area contributed by atoms with Gasteiger partial charge < -0.3 is 5.32 Å². The molecule has 1 rings (SSSR count). The third-order valence-corrected chi connectivity index (χ3v) is 5.23. The highest BCUT2D eigenvalue weighted by Crippen LogP contribution is 2.21. The summed E-state index contributed by atoms with van der Waals surface area (Å²) < 4.78 is 25.9. The highest BCUT2D eigenvalue weighted by atomic mass is 32.2. The standard InChI is InChI=1S/C11H24N2O2S/c1-9(2)16(14,15)13-8-10(3)11-4-6-12-7-5-11/h9-13H,4-8H2,1-3H3. The van der Waals surface area contributed by atoms with E-state index >= 15 is 0 Å². The van der Waals surface area contributed by atoms with Crippen molar-refractivity contribution in [2.45, 2.75) is 38.9 Å². The summed E-state index contributed by atoms with van der Waals surface area (Å²) in [6, 6.07) is 0. The van der Waals surface area contributed by atoms with Crippen molar-refractivity contribution in [3.63, 3.8) is 0 Å². The van der Waals surface area contributed by atoms with Gasteiger partial charge >= 0.3 is 0 Å². The number of rotatable bonds is 5. The van der Waals surface area contributed by atoms with Crippen molar-refractivity contribution in [1.82, 2.24) is 10.0 Å². The molecule has 1 atom stereocenters. The largest absolute Gasteiger partial charge is 0.317 e. The highest BCUT2D eigenvalue weighted by molar-refractivity contribution is 7.90. The minimum absolute atomic E-state index is 0.340. The van der Waals surface area contributed by atoms with Crippen LogP contribution in [0.2, 0.25) is 0 Å². The normalized spacial score (nSPS) is 21.2. The zero-order chi connectivity index (χ0) is 12.2.